The number of thioether (sulfide) groups is 1. The van der Waals surface area contributed by atoms with Crippen molar-refractivity contribution in [2.45, 2.75) is 38.3 Å². The smallest absolute Gasteiger partial charge is 0.313 e. The van der Waals surface area contributed by atoms with Crippen molar-refractivity contribution < 1.29 is 9.90 Å². The molecule has 1 aromatic heterocycles. The minimum atomic E-state index is -0.853. The molecule has 0 bridgehead atoms. The molecule has 6 heteroatoms. The van der Waals surface area contributed by atoms with E-state index >= 15 is 0 Å². The Hall–Kier alpha value is -1.82. The summed E-state index contributed by atoms with van der Waals surface area (Å²) in [7, 11) is 0. The van der Waals surface area contributed by atoms with Crippen LogP contribution in [0.3, 0.4) is 0 Å². The fourth-order valence-corrected chi connectivity index (χ4v) is 2.77. The molecule has 112 valence electrons. The lowest BCUT2D eigenvalue weighted by Crippen LogP contribution is -2.05. The Morgan fingerprint density at radius 3 is 2.81 bits per heavy atom. The zero-order chi connectivity index (χ0) is 15.2. The van der Waals surface area contributed by atoms with Gasteiger partial charge in [0, 0.05) is 12.1 Å². The molecule has 0 radical (unpaired) electrons. The highest BCUT2D eigenvalue weighted by Gasteiger charge is 2.15. The van der Waals surface area contributed by atoms with E-state index in [0.29, 0.717) is 5.16 Å². The second-order valence-electron chi connectivity index (χ2n) is 4.69. The van der Waals surface area contributed by atoms with Crippen molar-refractivity contribution in [3.8, 4) is 5.69 Å². The van der Waals surface area contributed by atoms with Gasteiger partial charge in [-0.05, 0) is 30.5 Å². The lowest BCUT2D eigenvalue weighted by molar-refractivity contribution is -0.133. The van der Waals surface area contributed by atoms with Crippen LogP contribution in [-0.2, 0) is 17.6 Å². The normalized spacial score (nSPS) is 10.8. The number of benzene rings is 1. The fraction of sp³-hybridized carbons (Fsp3) is 0.400. The van der Waals surface area contributed by atoms with E-state index in [1.807, 2.05) is 16.7 Å². The Kier molecular flexibility index (Phi) is 5.38. The third-order valence-corrected chi connectivity index (χ3v) is 3.99. The Morgan fingerprint density at radius 2 is 2.14 bits per heavy atom. The van der Waals surface area contributed by atoms with Crippen LogP contribution in [0.2, 0.25) is 0 Å². The molecule has 0 atom stereocenters. The van der Waals surface area contributed by atoms with Crippen molar-refractivity contribution in [1.82, 2.24) is 14.8 Å². The van der Waals surface area contributed by atoms with E-state index in [2.05, 4.69) is 36.2 Å². The van der Waals surface area contributed by atoms with Crippen LogP contribution in [0.15, 0.2) is 29.4 Å². The van der Waals surface area contributed by atoms with E-state index in [1.165, 1.54) is 17.3 Å². The number of nitrogens with zero attached hydrogens (tertiary/aromatic N) is 3. The number of carboxylic acid groups (broad SMARTS) is 1. The highest BCUT2D eigenvalue weighted by atomic mass is 32.2. The predicted molar refractivity (Wildman–Crippen MR) is 83.1 cm³/mol. The summed E-state index contributed by atoms with van der Waals surface area (Å²) in [6.45, 7) is 4.20. The molecular formula is C15H19N3O2S. The van der Waals surface area contributed by atoms with E-state index in [1.54, 1.807) is 0 Å². The SMILES string of the molecule is CCCc1nnc(SCC(=O)O)n1-c1cccc(CC)c1. The van der Waals surface area contributed by atoms with Crippen LogP contribution in [0.25, 0.3) is 5.69 Å². The third kappa shape index (κ3) is 3.85. The molecular weight excluding hydrogens is 286 g/mol. The maximum absolute atomic E-state index is 10.8. The average Bonchev–Trinajstić information content (AvgIpc) is 2.88. The summed E-state index contributed by atoms with van der Waals surface area (Å²) < 4.78 is 1.97. The molecule has 5 nitrogen and oxygen atoms in total. The molecule has 2 rings (SSSR count). The van der Waals surface area contributed by atoms with Crippen molar-refractivity contribution in [3.05, 3.63) is 35.7 Å². The van der Waals surface area contributed by atoms with Gasteiger partial charge in [0.15, 0.2) is 5.16 Å². The van der Waals surface area contributed by atoms with Gasteiger partial charge >= 0.3 is 5.97 Å². The topological polar surface area (TPSA) is 68.0 Å². The summed E-state index contributed by atoms with van der Waals surface area (Å²) in [6.07, 6.45) is 2.74. The summed E-state index contributed by atoms with van der Waals surface area (Å²) in [5.74, 6) is 0.00473. The second-order valence-corrected chi connectivity index (χ2v) is 5.63. The lowest BCUT2D eigenvalue weighted by Gasteiger charge is -2.10. The first kappa shape index (κ1) is 15.6. The molecule has 0 amide bonds. The third-order valence-electron chi connectivity index (χ3n) is 3.08. The Bertz CT molecular complexity index is 625. The standard InChI is InChI=1S/C15H19N3O2S/c1-3-6-13-16-17-15(21-10-14(19)20)18(13)12-8-5-7-11(4-2)9-12/h5,7-9H,3-4,6,10H2,1-2H3,(H,19,20). The molecule has 0 saturated carbocycles. The minimum absolute atomic E-state index is 0.0161. The molecule has 21 heavy (non-hydrogen) atoms. The van der Waals surface area contributed by atoms with Gasteiger partial charge in [-0.25, -0.2) is 0 Å². The van der Waals surface area contributed by atoms with Gasteiger partial charge in [-0.1, -0.05) is 37.7 Å². The molecule has 1 heterocycles. The summed E-state index contributed by atoms with van der Waals surface area (Å²) in [5.41, 5.74) is 2.23. The highest BCUT2D eigenvalue weighted by molar-refractivity contribution is 7.99. The van der Waals surface area contributed by atoms with E-state index in [-0.39, 0.29) is 5.75 Å². The number of carbonyl (C=O) groups is 1. The van der Waals surface area contributed by atoms with Gasteiger partial charge in [-0.3, -0.25) is 9.36 Å². The first-order chi connectivity index (χ1) is 10.2. The largest absolute Gasteiger partial charge is 0.481 e. The van der Waals surface area contributed by atoms with Crippen LogP contribution in [0, 0.1) is 0 Å². The molecule has 1 N–H and O–H groups in total. The minimum Gasteiger partial charge on any atom is -0.481 e. The van der Waals surface area contributed by atoms with Crippen LogP contribution in [0.4, 0.5) is 0 Å². The molecule has 0 aliphatic rings. The summed E-state index contributed by atoms with van der Waals surface area (Å²) in [4.78, 5) is 10.8. The Balaban J connectivity index is 2.41. The molecule has 1 aromatic carbocycles. The van der Waals surface area contributed by atoms with Gasteiger partial charge in [0.05, 0.1) is 5.75 Å². The number of hydrogen-bond acceptors (Lipinski definition) is 4. The summed E-state index contributed by atoms with van der Waals surface area (Å²) >= 11 is 1.20. The molecule has 0 fully saturated rings. The number of aromatic nitrogens is 3. The van der Waals surface area contributed by atoms with Crippen LogP contribution < -0.4 is 0 Å². The van der Waals surface area contributed by atoms with E-state index < -0.39 is 5.97 Å². The van der Waals surface area contributed by atoms with Crippen molar-refractivity contribution in [3.63, 3.8) is 0 Å². The molecule has 0 aliphatic heterocycles. The number of aryl methyl sites for hydroxylation is 2. The first-order valence-corrected chi connectivity index (χ1v) is 8.02. The summed E-state index contributed by atoms with van der Waals surface area (Å²) in [6, 6.07) is 8.20. The van der Waals surface area contributed by atoms with Crippen LogP contribution >= 0.6 is 11.8 Å². The van der Waals surface area contributed by atoms with Crippen LogP contribution in [0.5, 0.6) is 0 Å². The Labute approximate surface area is 128 Å². The Morgan fingerprint density at radius 1 is 1.33 bits per heavy atom. The van der Waals surface area contributed by atoms with Crippen molar-refractivity contribution in [1.29, 1.82) is 0 Å². The van der Waals surface area contributed by atoms with E-state index in [4.69, 9.17) is 5.11 Å². The molecule has 2 aromatic rings. The molecule has 0 unspecified atom stereocenters. The van der Waals surface area contributed by atoms with Gasteiger partial charge in [0.25, 0.3) is 0 Å². The number of aliphatic carboxylic acids is 1. The monoisotopic (exact) mass is 305 g/mol. The lowest BCUT2D eigenvalue weighted by atomic mass is 10.1. The van der Waals surface area contributed by atoms with Crippen LogP contribution in [0.1, 0.15) is 31.7 Å². The molecule has 0 aliphatic carbocycles. The second kappa shape index (κ2) is 7.26. The summed E-state index contributed by atoms with van der Waals surface area (Å²) in [5, 5.41) is 17.8. The van der Waals surface area contributed by atoms with E-state index in [9.17, 15) is 4.79 Å². The van der Waals surface area contributed by atoms with Crippen molar-refractivity contribution in [2.75, 3.05) is 5.75 Å². The number of hydrogen-bond donors (Lipinski definition) is 1. The molecule has 0 spiro atoms. The quantitative estimate of drug-likeness (QED) is 0.797. The average molecular weight is 305 g/mol. The van der Waals surface area contributed by atoms with Gasteiger partial charge in [-0.2, -0.15) is 0 Å². The number of carboxylic acids is 1. The zero-order valence-electron chi connectivity index (χ0n) is 12.2. The highest BCUT2D eigenvalue weighted by Crippen LogP contribution is 2.23. The number of rotatable bonds is 7. The van der Waals surface area contributed by atoms with E-state index in [0.717, 1.165) is 30.8 Å². The molecule has 0 saturated heterocycles. The predicted octanol–water partition coefficient (Wildman–Crippen LogP) is 2.96. The zero-order valence-corrected chi connectivity index (χ0v) is 13.1. The fourth-order valence-electron chi connectivity index (χ4n) is 2.08. The van der Waals surface area contributed by atoms with Crippen molar-refractivity contribution in [2.24, 2.45) is 0 Å². The van der Waals surface area contributed by atoms with Gasteiger partial charge in [0.2, 0.25) is 0 Å². The van der Waals surface area contributed by atoms with Gasteiger partial charge in [-0.15, -0.1) is 10.2 Å². The van der Waals surface area contributed by atoms with Gasteiger partial charge < -0.3 is 5.11 Å². The first-order valence-electron chi connectivity index (χ1n) is 7.03. The maximum atomic E-state index is 10.8. The maximum Gasteiger partial charge on any atom is 0.313 e. The van der Waals surface area contributed by atoms with Crippen LogP contribution in [-0.4, -0.2) is 31.6 Å². The van der Waals surface area contributed by atoms with Gasteiger partial charge in [0.1, 0.15) is 5.82 Å². The van der Waals surface area contributed by atoms with Crippen molar-refractivity contribution >= 4 is 17.7 Å².